The quantitative estimate of drug-likeness (QED) is 0.180. The van der Waals surface area contributed by atoms with Gasteiger partial charge in [0, 0.05) is 34.7 Å². The Kier molecular flexibility index (Phi) is 8.77. The molecule has 0 radical (unpaired) electrons. The number of nitrogens with zero attached hydrogens (tertiary/aromatic N) is 2. The van der Waals surface area contributed by atoms with E-state index >= 15 is 0 Å². The minimum Gasteiger partial charge on any atom is -0.507 e. The first kappa shape index (κ1) is 32.5. The summed E-state index contributed by atoms with van der Waals surface area (Å²) in [5.41, 5.74) is 7.89. The molecule has 0 aromatic heterocycles. The summed E-state index contributed by atoms with van der Waals surface area (Å²) >= 11 is 0. The molecular formula is C44H42N2O2. The van der Waals surface area contributed by atoms with Gasteiger partial charge in [-0.2, -0.15) is 0 Å². The molecule has 4 heteroatoms. The fourth-order valence-electron chi connectivity index (χ4n) is 5.95. The van der Waals surface area contributed by atoms with Crippen molar-refractivity contribution in [2.75, 3.05) is 0 Å². The highest BCUT2D eigenvalue weighted by molar-refractivity contribution is 5.97. The van der Waals surface area contributed by atoms with Crippen LogP contribution in [0.15, 0.2) is 131 Å². The minimum atomic E-state index is -0.280. The van der Waals surface area contributed by atoms with Gasteiger partial charge in [0.25, 0.3) is 0 Å². The predicted octanol–water partition coefficient (Wildman–Crippen LogP) is 11.7. The number of hydrogen-bond donors (Lipinski definition) is 2. The number of benzene rings is 6. The first-order valence-electron chi connectivity index (χ1n) is 16.4. The van der Waals surface area contributed by atoms with Crippen LogP contribution in [-0.4, -0.2) is 22.6 Å². The molecule has 6 rings (SSSR count). The molecule has 4 nitrogen and oxygen atoms in total. The van der Waals surface area contributed by atoms with E-state index in [1.54, 1.807) is 12.4 Å². The molecule has 0 bridgehead atoms. The van der Waals surface area contributed by atoms with Gasteiger partial charge in [0.15, 0.2) is 0 Å². The standard InChI is InChI=1S/C44H42N2O2/c1-43(2,3)37-23-33(29-15-9-7-10-16-29)21-35(41(37)47)27-45-39-25-31-19-13-14-20-32(31)26-40(39)46-28-36-22-34(30-17-11-8-12-18-30)24-38(42(36)48)44(4,5)6/h7-28,47-48H,1-6H3. The van der Waals surface area contributed by atoms with Crippen LogP contribution in [0, 0.1) is 0 Å². The molecule has 0 spiro atoms. The lowest BCUT2D eigenvalue weighted by Gasteiger charge is -2.23. The van der Waals surface area contributed by atoms with E-state index in [-0.39, 0.29) is 22.3 Å². The molecule has 0 saturated carbocycles. The molecular weight excluding hydrogens is 588 g/mol. The third-order valence-corrected chi connectivity index (χ3v) is 8.64. The van der Waals surface area contributed by atoms with Crippen LogP contribution in [0.25, 0.3) is 33.0 Å². The number of phenolic OH excluding ortho intramolecular Hbond substituents is 2. The maximum Gasteiger partial charge on any atom is 0.128 e. The second kappa shape index (κ2) is 13.0. The van der Waals surface area contributed by atoms with Crippen molar-refractivity contribution in [2.45, 2.75) is 52.4 Å². The van der Waals surface area contributed by atoms with Crippen molar-refractivity contribution in [3.8, 4) is 33.8 Å². The lowest BCUT2D eigenvalue weighted by molar-refractivity contribution is 0.445. The van der Waals surface area contributed by atoms with Crippen LogP contribution in [-0.2, 0) is 10.8 Å². The van der Waals surface area contributed by atoms with E-state index < -0.39 is 0 Å². The molecule has 0 aliphatic rings. The highest BCUT2D eigenvalue weighted by atomic mass is 16.3. The van der Waals surface area contributed by atoms with Crippen molar-refractivity contribution in [3.05, 3.63) is 144 Å². The Balaban J connectivity index is 1.48. The zero-order valence-electron chi connectivity index (χ0n) is 28.5. The Bertz CT molecular complexity index is 1990. The second-order valence-electron chi connectivity index (χ2n) is 14.4. The number of phenols is 2. The van der Waals surface area contributed by atoms with Crippen LogP contribution in [0.1, 0.15) is 63.8 Å². The molecule has 0 aliphatic heterocycles. The van der Waals surface area contributed by atoms with Gasteiger partial charge in [-0.3, -0.25) is 9.98 Å². The summed E-state index contributed by atoms with van der Waals surface area (Å²) < 4.78 is 0. The summed E-state index contributed by atoms with van der Waals surface area (Å²) in [7, 11) is 0. The van der Waals surface area contributed by atoms with Gasteiger partial charge in [0.1, 0.15) is 11.5 Å². The molecule has 6 aromatic carbocycles. The van der Waals surface area contributed by atoms with Crippen molar-refractivity contribution in [2.24, 2.45) is 9.98 Å². The van der Waals surface area contributed by atoms with Gasteiger partial charge < -0.3 is 10.2 Å². The van der Waals surface area contributed by atoms with E-state index in [1.807, 2.05) is 72.8 Å². The summed E-state index contributed by atoms with van der Waals surface area (Å²) in [4.78, 5) is 9.88. The van der Waals surface area contributed by atoms with Crippen molar-refractivity contribution in [1.82, 2.24) is 0 Å². The van der Waals surface area contributed by atoms with Gasteiger partial charge in [-0.25, -0.2) is 0 Å². The first-order valence-corrected chi connectivity index (χ1v) is 16.4. The van der Waals surface area contributed by atoms with Gasteiger partial charge in [-0.15, -0.1) is 0 Å². The normalized spacial score (nSPS) is 12.4. The topological polar surface area (TPSA) is 65.2 Å². The monoisotopic (exact) mass is 630 g/mol. The number of aliphatic imine (C=N–C) groups is 2. The van der Waals surface area contributed by atoms with Crippen molar-refractivity contribution in [1.29, 1.82) is 0 Å². The molecule has 0 unspecified atom stereocenters. The number of rotatable bonds is 6. The molecule has 0 amide bonds. The number of fused-ring (bicyclic) bond motifs is 1. The van der Waals surface area contributed by atoms with Crippen molar-refractivity contribution >= 4 is 34.6 Å². The van der Waals surface area contributed by atoms with Crippen LogP contribution in [0.2, 0.25) is 0 Å². The lowest BCUT2D eigenvalue weighted by Crippen LogP contribution is -2.12. The molecule has 0 heterocycles. The van der Waals surface area contributed by atoms with E-state index in [0.717, 1.165) is 44.2 Å². The van der Waals surface area contributed by atoms with Crippen LogP contribution in [0.4, 0.5) is 11.4 Å². The number of hydrogen-bond acceptors (Lipinski definition) is 4. The Morgan fingerprint density at radius 2 is 0.792 bits per heavy atom. The van der Waals surface area contributed by atoms with Gasteiger partial charge in [-0.05, 0) is 80.3 Å². The van der Waals surface area contributed by atoms with Crippen LogP contribution >= 0.6 is 0 Å². The molecule has 6 aromatic rings. The van der Waals surface area contributed by atoms with E-state index in [2.05, 4.69) is 90.1 Å². The molecule has 0 fully saturated rings. The highest BCUT2D eigenvalue weighted by Gasteiger charge is 2.23. The third-order valence-electron chi connectivity index (χ3n) is 8.64. The van der Waals surface area contributed by atoms with Crippen LogP contribution in [0.3, 0.4) is 0 Å². The Hall–Kier alpha value is -5.48. The Morgan fingerprint density at radius 1 is 0.438 bits per heavy atom. The van der Waals surface area contributed by atoms with Crippen LogP contribution in [0.5, 0.6) is 11.5 Å². The van der Waals surface area contributed by atoms with Crippen LogP contribution < -0.4 is 0 Å². The average molecular weight is 631 g/mol. The van der Waals surface area contributed by atoms with Gasteiger partial charge in [0.05, 0.1) is 11.4 Å². The molecule has 0 aliphatic carbocycles. The van der Waals surface area contributed by atoms with Gasteiger partial charge >= 0.3 is 0 Å². The Morgan fingerprint density at radius 3 is 1.15 bits per heavy atom. The van der Waals surface area contributed by atoms with Gasteiger partial charge in [-0.1, -0.05) is 126 Å². The van der Waals surface area contributed by atoms with Gasteiger partial charge in [0.2, 0.25) is 0 Å². The molecule has 0 atom stereocenters. The van der Waals surface area contributed by atoms with E-state index in [9.17, 15) is 10.2 Å². The fourth-order valence-corrected chi connectivity index (χ4v) is 5.95. The highest BCUT2D eigenvalue weighted by Crippen LogP contribution is 2.40. The maximum atomic E-state index is 11.5. The van der Waals surface area contributed by atoms with Crippen molar-refractivity contribution in [3.63, 3.8) is 0 Å². The Labute approximate surface area is 283 Å². The fraction of sp³-hybridized carbons (Fsp3) is 0.182. The lowest BCUT2D eigenvalue weighted by atomic mass is 9.83. The average Bonchev–Trinajstić information content (AvgIpc) is 3.07. The second-order valence-corrected chi connectivity index (χ2v) is 14.4. The number of aromatic hydroxyl groups is 2. The predicted molar refractivity (Wildman–Crippen MR) is 203 cm³/mol. The molecule has 48 heavy (non-hydrogen) atoms. The zero-order valence-corrected chi connectivity index (χ0v) is 28.5. The van der Waals surface area contributed by atoms with E-state index in [1.165, 1.54) is 0 Å². The molecule has 2 N–H and O–H groups in total. The smallest absolute Gasteiger partial charge is 0.128 e. The van der Waals surface area contributed by atoms with Crippen molar-refractivity contribution < 1.29 is 10.2 Å². The summed E-state index contributed by atoms with van der Waals surface area (Å²) in [6, 6.07) is 40.6. The van der Waals surface area contributed by atoms with E-state index in [0.29, 0.717) is 22.5 Å². The SMILES string of the molecule is CC(C)(C)c1cc(-c2ccccc2)cc(C=Nc2cc3ccccc3cc2N=Cc2cc(-c3ccccc3)cc(C(C)(C)C)c2O)c1O. The molecule has 240 valence electrons. The maximum absolute atomic E-state index is 11.5. The summed E-state index contributed by atoms with van der Waals surface area (Å²) in [5, 5.41) is 25.0. The molecule has 0 saturated heterocycles. The first-order chi connectivity index (χ1) is 22.9. The summed E-state index contributed by atoms with van der Waals surface area (Å²) in [5.74, 6) is 0.434. The minimum absolute atomic E-state index is 0.217. The largest absolute Gasteiger partial charge is 0.507 e. The third kappa shape index (κ3) is 6.94. The van der Waals surface area contributed by atoms with E-state index in [4.69, 9.17) is 9.98 Å². The summed E-state index contributed by atoms with van der Waals surface area (Å²) in [6.45, 7) is 12.6. The summed E-state index contributed by atoms with van der Waals surface area (Å²) in [6.07, 6.45) is 3.46. The zero-order chi connectivity index (χ0) is 34.1.